The second-order valence-electron chi connectivity index (χ2n) is 4.23. The van der Waals surface area contributed by atoms with Crippen molar-refractivity contribution in [1.29, 1.82) is 0 Å². The lowest BCUT2D eigenvalue weighted by atomic mass is 10.1. The van der Waals surface area contributed by atoms with Crippen LogP contribution in [-0.4, -0.2) is 4.98 Å². The molecule has 4 heteroatoms. The van der Waals surface area contributed by atoms with E-state index in [1.165, 1.54) is 12.1 Å². The van der Waals surface area contributed by atoms with Crippen LogP contribution in [0.5, 0.6) is 11.6 Å². The van der Waals surface area contributed by atoms with Crippen LogP contribution in [0.4, 0.5) is 4.39 Å². The van der Waals surface area contributed by atoms with Gasteiger partial charge in [-0.15, -0.1) is 0 Å². The third kappa shape index (κ3) is 2.84. The lowest BCUT2D eigenvalue weighted by molar-refractivity contribution is 0.456. The predicted octanol–water partition coefficient (Wildman–Crippen LogP) is 3.34. The number of benzene rings is 1. The zero-order chi connectivity index (χ0) is 13.1. The third-order valence-corrected chi connectivity index (χ3v) is 2.64. The molecule has 18 heavy (non-hydrogen) atoms. The maximum Gasteiger partial charge on any atom is 0.219 e. The Kier molecular flexibility index (Phi) is 3.58. The van der Waals surface area contributed by atoms with E-state index in [0.717, 1.165) is 11.1 Å². The van der Waals surface area contributed by atoms with Gasteiger partial charge in [-0.2, -0.15) is 0 Å². The average molecular weight is 246 g/mol. The van der Waals surface area contributed by atoms with E-state index in [9.17, 15) is 4.39 Å². The molecule has 1 atom stereocenters. The van der Waals surface area contributed by atoms with Gasteiger partial charge in [0.1, 0.15) is 11.6 Å². The Labute approximate surface area is 105 Å². The SMILES string of the molecule is Cc1cc(F)ccc1Oc1cc([C@@H](C)N)ccn1. The molecule has 0 aliphatic carbocycles. The fourth-order valence-corrected chi connectivity index (χ4v) is 1.60. The third-order valence-electron chi connectivity index (χ3n) is 2.64. The Balaban J connectivity index is 2.25. The normalized spacial score (nSPS) is 12.2. The van der Waals surface area contributed by atoms with Crippen molar-refractivity contribution in [3.8, 4) is 11.6 Å². The first-order valence-electron chi connectivity index (χ1n) is 5.72. The van der Waals surface area contributed by atoms with Crippen molar-refractivity contribution in [2.75, 3.05) is 0 Å². The number of aromatic nitrogens is 1. The van der Waals surface area contributed by atoms with Crippen LogP contribution in [0, 0.1) is 12.7 Å². The van der Waals surface area contributed by atoms with Crippen molar-refractivity contribution in [3.05, 3.63) is 53.5 Å². The molecule has 1 aromatic heterocycles. The molecular weight excluding hydrogens is 231 g/mol. The molecule has 0 bridgehead atoms. The maximum atomic E-state index is 13.0. The number of hydrogen-bond donors (Lipinski definition) is 1. The molecule has 1 aromatic carbocycles. The first-order chi connectivity index (χ1) is 8.56. The highest BCUT2D eigenvalue weighted by molar-refractivity contribution is 5.36. The molecule has 2 rings (SSSR count). The van der Waals surface area contributed by atoms with Crippen molar-refractivity contribution in [3.63, 3.8) is 0 Å². The summed E-state index contributed by atoms with van der Waals surface area (Å²) in [5, 5.41) is 0. The molecule has 94 valence electrons. The largest absolute Gasteiger partial charge is 0.439 e. The second kappa shape index (κ2) is 5.14. The molecule has 0 aliphatic heterocycles. The molecule has 0 saturated carbocycles. The summed E-state index contributed by atoms with van der Waals surface area (Å²) in [5.74, 6) is 0.766. The smallest absolute Gasteiger partial charge is 0.219 e. The Morgan fingerprint density at radius 1 is 1.28 bits per heavy atom. The number of halogens is 1. The van der Waals surface area contributed by atoms with Crippen molar-refractivity contribution in [2.24, 2.45) is 5.73 Å². The minimum Gasteiger partial charge on any atom is -0.439 e. The molecule has 0 amide bonds. The fourth-order valence-electron chi connectivity index (χ4n) is 1.60. The molecule has 1 heterocycles. The molecule has 2 N–H and O–H groups in total. The van der Waals surface area contributed by atoms with Gasteiger partial charge in [0.15, 0.2) is 0 Å². The summed E-state index contributed by atoms with van der Waals surface area (Å²) in [6.07, 6.45) is 1.65. The fraction of sp³-hybridized carbons (Fsp3) is 0.214. The number of nitrogens with two attached hydrogens (primary N) is 1. The first-order valence-corrected chi connectivity index (χ1v) is 5.72. The lowest BCUT2D eigenvalue weighted by Gasteiger charge is -2.10. The van der Waals surface area contributed by atoms with Crippen LogP contribution >= 0.6 is 0 Å². The molecular formula is C14H15FN2O. The van der Waals surface area contributed by atoms with Crippen LogP contribution < -0.4 is 10.5 Å². The Hall–Kier alpha value is -1.94. The summed E-state index contributed by atoms with van der Waals surface area (Å²) < 4.78 is 18.6. The van der Waals surface area contributed by atoms with Crippen LogP contribution in [0.1, 0.15) is 24.1 Å². The molecule has 0 unspecified atom stereocenters. The van der Waals surface area contributed by atoms with Gasteiger partial charge in [-0.05, 0) is 49.2 Å². The van der Waals surface area contributed by atoms with Crippen molar-refractivity contribution in [2.45, 2.75) is 19.9 Å². The van der Waals surface area contributed by atoms with Gasteiger partial charge in [0, 0.05) is 18.3 Å². The van der Waals surface area contributed by atoms with E-state index in [0.29, 0.717) is 11.6 Å². The minimum absolute atomic E-state index is 0.0790. The Morgan fingerprint density at radius 2 is 2.06 bits per heavy atom. The molecule has 0 saturated heterocycles. The zero-order valence-electron chi connectivity index (χ0n) is 10.4. The number of hydrogen-bond acceptors (Lipinski definition) is 3. The number of aryl methyl sites for hydroxylation is 1. The average Bonchev–Trinajstić information content (AvgIpc) is 2.33. The standard InChI is InChI=1S/C14H15FN2O/c1-9-7-12(15)3-4-13(9)18-14-8-11(10(2)16)5-6-17-14/h3-8,10H,16H2,1-2H3/t10-/m1/s1. The van der Waals surface area contributed by atoms with Gasteiger partial charge in [-0.3, -0.25) is 0 Å². The van der Waals surface area contributed by atoms with Gasteiger partial charge in [0.2, 0.25) is 5.88 Å². The van der Waals surface area contributed by atoms with Crippen LogP contribution in [0.25, 0.3) is 0 Å². The van der Waals surface area contributed by atoms with E-state index in [2.05, 4.69) is 4.98 Å². The summed E-state index contributed by atoms with van der Waals surface area (Å²) in [6.45, 7) is 3.68. The Morgan fingerprint density at radius 3 is 2.72 bits per heavy atom. The number of rotatable bonds is 3. The quantitative estimate of drug-likeness (QED) is 0.903. The van der Waals surface area contributed by atoms with E-state index in [-0.39, 0.29) is 11.9 Å². The minimum atomic E-state index is -0.280. The highest BCUT2D eigenvalue weighted by atomic mass is 19.1. The van der Waals surface area contributed by atoms with Crippen LogP contribution in [0.15, 0.2) is 36.5 Å². The molecule has 0 aliphatic rings. The maximum absolute atomic E-state index is 13.0. The van der Waals surface area contributed by atoms with Crippen molar-refractivity contribution in [1.82, 2.24) is 4.98 Å². The summed E-state index contributed by atoms with van der Waals surface area (Å²) in [5.41, 5.74) is 7.46. The summed E-state index contributed by atoms with van der Waals surface area (Å²) in [4.78, 5) is 4.11. The topological polar surface area (TPSA) is 48.1 Å². The first kappa shape index (κ1) is 12.5. The number of nitrogens with zero attached hydrogens (tertiary/aromatic N) is 1. The zero-order valence-corrected chi connectivity index (χ0v) is 10.4. The predicted molar refractivity (Wildman–Crippen MR) is 68.1 cm³/mol. The van der Waals surface area contributed by atoms with Crippen LogP contribution in [-0.2, 0) is 0 Å². The van der Waals surface area contributed by atoms with Gasteiger partial charge in [0.05, 0.1) is 0 Å². The van der Waals surface area contributed by atoms with E-state index < -0.39 is 0 Å². The number of pyridine rings is 1. The highest BCUT2D eigenvalue weighted by Gasteiger charge is 2.06. The van der Waals surface area contributed by atoms with E-state index in [4.69, 9.17) is 10.5 Å². The van der Waals surface area contributed by atoms with Gasteiger partial charge in [-0.25, -0.2) is 9.37 Å². The van der Waals surface area contributed by atoms with E-state index >= 15 is 0 Å². The van der Waals surface area contributed by atoms with E-state index in [1.54, 1.807) is 25.3 Å². The molecule has 3 nitrogen and oxygen atoms in total. The molecule has 0 fully saturated rings. The van der Waals surface area contributed by atoms with E-state index in [1.807, 2.05) is 13.0 Å². The van der Waals surface area contributed by atoms with Crippen molar-refractivity contribution < 1.29 is 9.13 Å². The van der Waals surface area contributed by atoms with Crippen molar-refractivity contribution >= 4 is 0 Å². The van der Waals surface area contributed by atoms with Crippen LogP contribution in [0.3, 0.4) is 0 Å². The Bertz CT molecular complexity index is 555. The summed E-state index contributed by atoms with van der Waals surface area (Å²) >= 11 is 0. The molecule has 0 spiro atoms. The van der Waals surface area contributed by atoms with Crippen LogP contribution in [0.2, 0.25) is 0 Å². The summed E-state index contributed by atoms with van der Waals surface area (Å²) in [7, 11) is 0. The monoisotopic (exact) mass is 246 g/mol. The van der Waals surface area contributed by atoms with Gasteiger partial charge < -0.3 is 10.5 Å². The molecule has 0 radical (unpaired) electrons. The number of ether oxygens (including phenoxy) is 1. The highest BCUT2D eigenvalue weighted by Crippen LogP contribution is 2.25. The van der Waals surface area contributed by atoms with Gasteiger partial charge in [0.25, 0.3) is 0 Å². The van der Waals surface area contributed by atoms with Gasteiger partial charge in [-0.1, -0.05) is 0 Å². The lowest BCUT2D eigenvalue weighted by Crippen LogP contribution is -2.05. The second-order valence-corrected chi connectivity index (χ2v) is 4.23. The van der Waals surface area contributed by atoms with Gasteiger partial charge >= 0.3 is 0 Å². The molecule has 2 aromatic rings. The summed E-state index contributed by atoms with van der Waals surface area (Å²) in [6, 6.07) is 7.92.